The van der Waals surface area contributed by atoms with Gasteiger partial charge in [0.15, 0.2) is 5.01 Å². The Bertz CT molecular complexity index is 824. The molecule has 1 aromatic carbocycles. The van der Waals surface area contributed by atoms with Crippen molar-refractivity contribution < 1.29 is 0 Å². The number of aromatic nitrogens is 4. The van der Waals surface area contributed by atoms with Crippen molar-refractivity contribution in [2.24, 2.45) is 0 Å². The van der Waals surface area contributed by atoms with Crippen LogP contribution in [0.1, 0.15) is 0 Å². The third-order valence-electron chi connectivity index (χ3n) is 2.80. The highest BCUT2D eigenvalue weighted by molar-refractivity contribution is 14.1. The molecule has 0 saturated carbocycles. The van der Waals surface area contributed by atoms with E-state index in [4.69, 9.17) is 0 Å². The zero-order chi connectivity index (χ0) is 12.1. The summed E-state index contributed by atoms with van der Waals surface area (Å²) in [7, 11) is 0. The predicted molar refractivity (Wildman–Crippen MR) is 80.9 cm³/mol. The molecule has 0 atom stereocenters. The molecule has 0 radical (unpaired) electrons. The molecule has 3 aromatic heterocycles. The Labute approximate surface area is 120 Å². The summed E-state index contributed by atoms with van der Waals surface area (Å²) < 4.78 is 2.90. The van der Waals surface area contributed by atoms with Gasteiger partial charge in [-0.1, -0.05) is 29.5 Å². The Morgan fingerprint density at radius 2 is 2.17 bits per heavy atom. The summed E-state index contributed by atoms with van der Waals surface area (Å²) in [6, 6.07) is 10.4. The first-order valence-electron chi connectivity index (χ1n) is 5.39. The van der Waals surface area contributed by atoms with Gasteiger partial charge in [0.2, 0.25) is 4.96 Å². The van der Waals surface area contributed by atoms with Crippen LogP contribution in [0.15, 0.2) is 36.5 Å². The normalized spacial score (nSPS) is 11.6. The Morgan fingerprint density at radius 1 is 1.28 bits per heavy atom. The maximum absolute atomic E-state index is 4.57. The van der Waals surface area contributed by atoms with Gasteiger partial charge in [-0.25, -0.2) is 4.98 Å². The minimum absolute atomic E-state index is 0.924. The fraction of sp³-hybridized carbons (Fsp3) is 0. The first-order valence-corrected chi connectivity index (χ1v) is 7.29. The molecule has 4 rings (SSSR count). The van der Waals surface area contributed by atoms with Gasteiger partial charge in [0.1, 0.15) is 3.70 Å². The number of nitrogens with one attached hydrogen (secondary N) is 1. The molecule has 0 aliphatic rings. The molecule has 0 unspecified atom stereocenters. The molecule has 0 saturated heterocycles. The smallest absolute Gasteiger partial charge is 0.213 e. The van der Waals surface area contributed by atoms with Gasteiger partial charge in [-0.3, -0.25) is 0 Å². The summed E-state index contributed by atoms with van der Waals surface area (Å²) in [6.45, 7) is 0. The number of nitrogens with zero attached hydrogens (tertiary/aromatic N) is 3. The first kappa shape index (κ1) is 10.5. The van der Waals surface area contributed by atoms with E-state index >= 15 is 0 Å². The standard InChI is InChI=1S/C12H7IN4S/c13-10-6-14-12-17(10)16-11(18-12)9-5-7-3-1-2-4-8(7)15-9/h1-6,15H. The highest BCUT2D eigenvalue weighted by Gasteiger charge is 2.11. The Kier molecular flexibility index (Phi) is 2.21. The lowest BCUT2D eigenvalue weighted by molar-refractivity contribution is 0.950. The highest BCUT2D eigenvalue weighted by Crippen LogP contribution is 2.28. The number of imidazole rings is 1. The molecule has 0 fully saturated rings. The van der Waals surface area contributed by atoms with Crippen molar-refractivity contribution in [3.63, 3.8) is 0 Å². The van der Waals surface area contributed by atoms with Crippen LogP contribution < -0.4 is 0 Å². The Morgan fingerprint density at radius 3 is 3.00 bits per heavy atom. The van der Waals surface area contributed by atoms with Gasteiger partial charge >= 0.3 is 0 Å². The average molecular weight is 366 g/mol. The number of H-pyrrole nitrogens is 1. The molecule has 18 heavy (non-hydrogen) atoms. The summed E-state index contributed by atoms with van der Waals surface area (Å²) >= 11 is 3.83. The first-order chi connectivity index (χ1) is 8.81. The van der Waals surface area contributed by atoms with Crippen LogP contribution in [-0.4, -0.2) is 19.6 Å². The van der Waals surface area contributed by atoms with Crippen LogP contribution in [0, 0.1) is 3.70 Å². The van der Waals surface area contributed by atoms with Crippen LogP contribution in [0.25, 0.3) is 26.6 Å². The topological polar surface area (TPSA) is 46.0 Å². The van der Waals surface area contributed by atoms with E-state index in [1.54, 1.807) is 11.3 Å². The van der Waals surface area contributed by atoms with Crippen LogP contribution >= 0.6 is 33.9 Å². The summed E-state index contributed by atoms with van der Waals surface area (Å²) in [5.74, 6) is 0. The summed E-state index contributed by atoms with van der Waals surface area (Å²) in [5.41, 5.74) is 2.18. The molecular weight excluding hydrogens is 359 g/mol. The van der Waals surface area contributed by atoms with Crippen molar-refractivity contribution in [2.75, 3.05) is 0 Å². The molecule has 0 spiro atoms. The molecule has 0 bridgehead atoms. The van der Waals surface area contributed by atoms with Crippen molar-refractivity contribution >= 4 is 49.8 Å². The molecule has 4 aromatic rings. The van der Waals surface area contributed by atoms with E-state index in [2.05, 4.69) is 55.9 Å². The third kappa shape index (κ3) is 1.49. The summed E-state index contributed by atoms with van der Waals surface area (Å²) in [5, 5.41) is 6.74. The number of aromatic amines is 1. The molecule has 0 aliphatic heterocycles. The third-order valence-corrected chi connectivity index (χ3v) is 4.50. The number of benzene rings is 1. The molecule has 0 aliphatic carbocycles. The lowest BCUT2D eigenvalue weighted by Crippen LogP contribution is -1.86. The van der Waals surface area contributed by atoms with Gasteiger partial charge in [0.05, 0.1) is 11.9 Å². The van der Waals surface area contributed by atoms with Crippen molar-refractivity contribution in [1.29, 1.82) is 0 Å². The maximum Gasteiger partial charge on any atom is 0.213 e. The molecular formula is C12H7IN4S. The van der Waals surface area contributed by atoms with Gasteiger partial charge < -0.3 is 4.98 Å². The number of hydrogen-bond acceptors (Lipinski definition) is 3. The van der Waals surface area contributed by atoms with E-state index in [0.717, 1.165) is 24.9 Å². The van der Waals surface area contributed by atoms with E-state index in [9.17, 15) is 0 Å². The lowest BCUT2D eigenvalue weighted by Gasteiger charge is -1.87. The molecule has 6 heteroatoms. The van der Waals surface area contributed by atoms with Gasteiger partial charge in [-0.15, -0.1) is 0 Å². The second kappa shape index (κ2) is 3.79. The zero-order valence-electron chi connectivity index (χ0n) is 9.09. The van der Waals surface area contributed by atoms with Gasteiger partial charge in [0.25, 0.3) is 0 Å². The van der Waals surface area contributed by atoms with E-state index in [0.29, 0.717) is 0 Å². The molecule has 1 N–H and O–H groups in total. The number of fused-ring (bicyclic) bond motifs is 2. The van der Waals surface area contributed by atoms with Gasteiger partial charge in [-0.05, 0) is 34.7 Å². The van der Waals surface area contributed by atoms with Crippen LogP contribution in [-0.2, 0) is 0 Å². The van der Waals surface area contributed by atoms with Crippen molar-refractivity contribution in [2.45, 2.75) is 0 Å². The Balaban J connectivity index is 1.95. The SMILES string of the molecule is Ic1cnc2sc(-c3cc4ccccc4[nH]3)nn12. The highest BCUT2D eigenvalue weighted by atomic mass is 127. The van der Waals surface area contributed by atoms with Crippen LogP contribution in [0.3, 0.4) is 0 Å². The van der Waals surface area contributed by atoms with Crippen molar-refractivity contribution in [1.82, 2.24) is 19.6 Å². The number of para-hydroxylation sites is 1. The van der Waals surface area contributed by atoms with Gasteiger partial charge in [0, 0.05) is 10.9 Å². The largest absolute Gasteiger partial charge is 0.353 e. The minimum atomic E-state index is 0.924. The molecule has 0 amide bonds. The number of hydrogen-bond donors (Lipinski definition) is 1. The van der Waals surface area contributed by atoms with E-state index < -0.39 is 0 Å². The predicted octanol–water partition coefficient (Wildman–Crippen LogP) is 3.54. The second-order valence-electron chi connectivity index (χ2n) is 3.95. The fourth-order valence-electron chi connectivity index (χ4n) is 1.96. The van der Waals surface area contributed by atoms with Crippen LogP contribution in [0.2, 0.25) is 0 Å². The second-order valence-corrected chi connectivity index (χ2v) is 6.01. The summed E-state index contributed by atoms with van der Waals surface area (Å²) in [4.78, 5) is 8.63. The number of halogens is 1. The number of rotatable bonds is 1. The zero-order valence-corrected chi connectivity index (χ0v) is 12.1. The molecule has 4 nitrogen and oxygen atoms in total. The molecule has 88 valence electrons. The lowest BCUT2D eigenvalue weighted by atomic mass is 10.2. The molecule has 3 heterocycles. The van der Waals surface area contributed by atoms with Crippen molar-refractivity contribution in [3.8, 4) is 10.7 Å². The maximum atomic E-state index is 4.57. The average Bonchev–Trinajstić information content (AvgIpc) is 3.04. The van der Waals surface area contributed by atoms with E-state index in [1.165, 1.54) is 5.39 Å². The fourth-order valence-corrected chi connectivity index (χ4v) is 3.45. The quantitative estimate of drug-likeness (QED) is 0.524. The van der Waals surface area contributed by atoms with Crippen LogP contribution in [0.4, 0.5) is 0 Å². The summed E-state index contributed by atoms with van der Waals surface area (Å²) in [6.07, 6.45) is 1.83. The van der Waals surface area contributed by atoms with E-state index in [1.807, 2.05) is 22.8 Å². The van der Waals surface area contributed by atoms with E-state index in [-0.39, 0.29) is 0 Å². The van der Waals surface area contributed by atoms with Crippen LogP contribution in [0.5, 0.6) is 0 Å². The monoisotopic (exact) mass is 366 g/mol. The van der Waals surface area contributed by atoms with Gasteiger partial charge in [-0.2, -0.15) is 9.61 Å². The Hall–Kier alpha value is -1.41. The minimum Gasteiger partial charge on any atom is -0.353 e. The van der Waals surface area contributed by atoms with Crippen molar-refractivity contribution in [3.05, 3.63) is 40.2 Å².